The number of benzene rings is 1. The number of Topliss-reactive ketones (excluding diaryl/α,β-unsaturated/α-hetero) is 1. The molecule has 0 aliphatic heterocycles. The number of rotatable bonds is 3. The SMILES string of the molecule is CCOC(=O)C(=O)c1ccc2c(c1)c(Cl)nn2C. The van der Waals surface area contributed by atoms with Crippen molar-refractivity contribution in [1.82, 2.24) is 9.78 Å². The van der Waals surface area contributed by atoms with Crippen LogP contribution in [0.1, 0.15) is 17.3 Å². The molecule has 0 radical (unpaired) electrons. The van der Waals surface area contributed by atoms with Gasteiger partial charge in [0.2, 0.25) is 0 Å². The highest BCUT2D eigenvalue weighted by Gasteiger charge is 2.19. The molecule has 18 heavy (non-hydrogen) atoms. The highest BCUT2D eigenvalue weighted by molar-refractivity contribution is 6.41. The van der Waals surface area contributed by atoms with Crippen LogP contribution in [0.2, 0.25) is 5.15 Å². The number of hydrogen-bond donors (Lipinski definition) is 0. The number of carbonyl (C=O) groups excluding carboxylic acids is 2. The zero-order valence-electron chi connectivity index (χ0n) is 9.94. The molecule has 0 aliphatic rings. The summed E-state index contributed by atoms with van der Waals surface area (Å²) in [7, 11) is 1.75. The van der Waals surface area contributed by atoms with E-state index in [9.17, 15) is 9.59 Å². The van der Waals surface area contributed by atoms with Crippen molar-refractivity contribution in [2.24, 2.45) is 7.05 Å². The van der Waals surface area contributed by atoms with Gasteiger partial charge in [-0.3, -0.25) is 9.48 Å². The van der Waals surface area contributed by atoms with Crippen LogP contribution in [-0.4, -0.2) is 28.1 Å². The van der Waals surface area contributed by atoms with Crippen LogP contribution >= 0.6 is 11.6 Å². The summed E-state index contributed by atoms with van der Waals surface area (Å²) in [6.07, 6.45) is 0. The monoisotopic (exact) mass is 266 g/mol. The van der Waals surface area contributed by atoms with Crippen LogP contribution in [0.3, 0.4) is 0 Å². The summed E-state index contributed by atoms with van der Waals surface area (Å²) in [5, 5.41) is 4.96. The summed E-state index contributed by atoms with van der Waals surface area (Å²) in [5.41, 5.74) is 1.04. The standard InChI is InChI=1S/C12H11ClN2O3/c1-3-18-12(17)10(16)7-4-5-9-8(6-7)11(13)14-15(9)2/h4-6H,3H2,1-2H3. The zero-order valence-corrected chi connectivity index (χ0v) is 10.7. The first kappa shape index (κ1) is 12.6. The average Bonchev–Trinajstić information content (AvgIpc) is 2.64. The Morgan fingerprint density at radius 2 is 2.17 bits per heavy atom. The van der Waals surface area contributed by atoms with Crippen molar-refractivity contribution in [3.63, 3.8) is 0 Å². The van der Waals surface area contributed by atoms with E-state index in [-0.39, 0.29) is 12.2 Å². The van der Waals surface area contributed by atoms with E-state index in [1.54, 1.807) is 36.9 Å². The molecule has 0 aliphatic carbocycles. The topological polar surface area (TPSA) is 61.2 Å². The van der Waals surface area contributed by atoms with Crippen LogP contribution in [0.25, 0.3) is 10.9 Å². The Bertz CT molecular complexity index is 634. The lowest BCUT2D eigenvalue weighted by molar-refractivity contribution is -0.137. The van der Waals surface area contributed by atoms with E-state index in [1.165, 1.54) is 0 Å². The molecule has 94 valence electrons. The van der Waals surface area contributed by atoms with Gasteiger partial charge in [-0.2, -0.15) is 5.10 Å². The first-order chi connectivity index (χ1) is 8.54. The molecule has 1 heterocycles. The fourth-order valence-corrected chi connectivity index (χ4v) is 1.94. The molecule has 0 spiro atoms. The molecule has 2 rings (SSSR count). The van der Waals surface area contributed by atoms with Gasteiger partial charge in [0.05, 0.1) is 12.1 Å². The van der Waals surface area contributed by atoms with Crippen molar-refractivity contribution in [3.8, 4) is 0 Å². The molecule has 0 unspecified atom stereocenters. The third kappa shape index (κ3) is 2.09. The van der Waals surface area contributed by atoms with Gasteiger partial charge in [-0.1, -0.05) is 11.6 Å². The second-order valence-electron chi connectivity index (χ2n) is 3.70. The van der Waals surface area contributed by atoms with Crippen LogP contribution in [0.15, 0.2) is 18.2 Å². The molecule has 0 N–H and O–H groups in total. The third-order valence-corrected chi connectivity index (χ3v) is 2.81. The molecule has 0 bridgehead atoms. The van der Waals surface area contributed by atoms with Crippen LogP contribution in [0.5, 0.6) is 0 Å². The number of hydrogen-bond acceptors (Lipinski definition) is 4. The molecule has 1 aromatic carbocycles. The van der Waals surface area contributed by atoms with Crippen molar-refractivity contribution >= 4 is 34.3 Å². The summed E-state index contributed by atoms with van der Waals surface area (Å²) < 4.78 is 6.27. The van der Waals surface area contributed by atoms with E-state index in [2.05, 4.69) is 9.84 Å². The third-order valence-electron chi connectivity index (χ3n) is 2.53. The normalized spacial score (nSPS) is 10.6. The maximum Gasteiger partial charge on any atom is 0.379 e. The van der Waals surface area contributed by atoms with E-state index in [0.29, 0.717) is 10.5 Å². The Morgan fingerprint density at radius 3 is 2.83 bits per heavy atom. The van der Waals surface area contributed by atoms with Gasteiger partial charge in [0, 0.05) is 18.0 Å². The molecule has 0 fully saturated rings. The predicted molar refractivity (Wildman–Crippen MR) is 66.7 cm³/mol. The largest absolute Gasteiger partial charge is 0.460 e. The van der Waals surface area contributed by atoms with Crippen molar-refractivity contribution in [2.45, 2.75) is 6.92 Å². The zero-order chi connectivity index (χ0) is 13.3. The van der Waals surface area contributed by atoms with Crippen molar-refractivity contribution < 1.29 is 14.3 Å². The lowest BCUT2D eigenvalue weighted by Gasteiger charge is -2.01. The Morgan fingerprint density at radius 1 is 1.44 bits per heavy atom. The molecule has 0 saturated heterocycles. The van der Waals surface area contributed by atoms with Gasteiger partial charge in [-0.15, -0.1) is 0 Å². The molecule has 0 atom stereocenters. The highest BCUT2D eigenvalue weighted by Crippen LogP contribution is 2.23. The minimum atomic E-state index is -0.864. The van der Waals surface area contributed by atoms with E-state index in [4.69, 9.17) is 11.6 Å². The van der Waals surface area contributed by atoms with Crippen LogP contribution in [-0.2, 0) is 16.6 Å². The second kappa shape index (κ2) is 4.78. The molecule has 6 heteroatoms. The van der Waals surface area contributed by atoms with Crippen molar-refractivity contribution in [3.05, 3.63) is 28.9 Å². The maximum atomic E-state index is 11.8. The summed E-state index contributed by atoms with van der Waals surface area (Å²) in [6, 6.07) is 4.80. The summed E-state index contributed by atoms with van der Waals surface area (Å²) in [5.74, 6) is -1.55. The fourth-order valence-electron chi connectivity index (χ4n) is 1.68. The molecule has 2 aromatic rings. The minimum absolute atomic E-state index is 0.167. The number of aryl methyl sites for hydroxylation is 1. The van der Waals surface area contributed by atoms with Crippen molar-refractivity contribution in [2.75, 3.05) is 6.61 Å². The molecule has 0 saturated carbocycles. The fraction of sp³-hybridized carbons (Fsp3) is 0.250. The summed E-state index contributed by atoms with van der Waals surface area (Å²) in [6.45, 7) is 1.81. The predicted octanol–water partition coefficient (Wildman–Crippen LogP) is 1.97. The van der Waals surface area contributed by atoms with Crippen LogP contribution < -0.4 is 0 Å². The van der Waals surface area contributed by atoms with Gasteiger partial charge in [0.25, 0.3) is 5.78 Å². The number of nitrogens with zero attached hydrogens (tertiary/aromatic N) is 2. The van der Waals surface area contributed by atoms with E-state index >= 15 is 0 Å². The smallest absolute Gasteiger partial charge is 0.379 e. The minimum Gasteiger partial charge on any atom is -0.460 e. The Labute approximate surface area is 108 Å². The number of fused-ring (bicyclic) bond motifs is 1. The number of aromatic nitrogens is 2. The van der Waals surface area contributed by atoms with Gasteiger partial charge < -0.3 is 4.74 Å². The van der Waals surface area contributed by atoms with Gasteiger partial charge in [-0.05, 0) is 25.1 Å². The number of carbonyl (C=O) groups is 2. The molecular weight excluding hydrogens is 256 g/mol. The van der Waals surface area contributed by atoms with E-state index < -0.39 is 11.8 Å². The molecule has 0 amide bonds. The highest BCUT2D eigenvalue weighted by atomic mass is 35.5. The Balaban J connectivity index is 2.44. The van der Waals surface area contributed by atoms with E-state index in [1.807, 2.05) is 0 Å². The molecular formula is C12H11ClN2O3. The lowest BCUT2D eigenvalue weighted by atomic mass is 10.1. The second-order valence-corrected chi connectivity index (χ2v) is 4.05. The van der Waals surface area contributed by atoms with Crippen LogP contribution in [0, 0.1) is 0 Å². The van der Waals surface area contributed by atoms with Gasteiger partial charge in [0.1, 0.15) is 0 Å². The first-order valence-electron chi connectivity index (χ1n) is 5.38. The van der Waals surface area contributed by atoms with Crippen LogP contribution in [0.4, 0.5) is 0 Å². The average molecular weight is 267 g/mol. The summed E-state index contributed by atoms with van der Waals surface area (Å²) in [4.78, 5) is 23.1. The number of ketones is 1. The number of ether oxygens (including phenoxy) is 1. The first-order valence-corrected chi connectivity index (χ1v) is 5.76. The number of esters is 1. The van der Waals surface area contributed by atoms with E-state index in [0.717, 1.165) is 5.52 Å². The Kier molecular flexibility index (Phi) is 3.34. The van der Waals surface area contributed by atoms with Gasteiger partial charge in [-0.25, -0.2) is 4.79 Å². The quantitative estimate of drug-likeness (QED) is 0.484. The van der Waals surface area contributed by atoms with Gasteiger partial charge >= 0.3 is 5.97 Å². The summed E-state index contributed by atoms with van der Waals surface area (Å²) >= 11 is 5.94. The van der Waals surface area contributed by atoms with Gasteiger partial charge in [0.15, 0.2) is 5.15 Å². The maximum absolute atomic E-state index is 11.8. The molecule has 5 nitrogen and oxygen atoms in total. The Hall–Kier alpha value is -1.88. The number of halogens is 1. The molecule has 1 aromatic heterocycles. The van der Waals surface area contributed by atoms with Crippen molar-refractivity contribution in [1.29, 1.82) is 0 Å². The lowest BCUT2D eigenvalue weighted by Crippen LogP contribution is -2.17.